The van der Waals surface area contributed by atoms with Crippen molar-refractivity contribution in [3.8, 4) is 0 Å². The average molecular weight is 448 g/mol. The molecule has 1 aliphatic heterocycles. The summed E-state index contributed by atoms with van der Waals surface area (Å²) in [6.07, 6.45) is 1.51. The minimum Gasteiger partial charge on any atom is -0.349 e. The van der Waals surface area contributed by atoms with Crippen LogP contribution in [0.15, 0.2) is 72.1 Å². The van der Waals surface area contributed by atoms with Crippen LogP contribution in [0.2, 0.25) is 0 Å². The highest BCUT2D eigenvalue weighted by molar-refractivity contribution is 7.12. The van der Waals surface area contributed by atoms with Crippen molar-refractivity contribution in [2.75, 3.05) is 25.0 Å². The maximum atomic E-state index is 12.9. The van der Waals surface area contributed by atoms with Gasteiger partial charge in [0.1, 0.15) is 0 Å². The molecule has 4 rings (SSSR count). The Morgan fingerprint density at radius 3 is 2.25 bits per heavy atom. The summed E-state index contributed by atoms with van der Waals surface area (Å²) in [5, 5.41) is 7.83. The molecule has 1 fully saturated rings. The molecule has 6 nitrogen and oxygen atoms in total. The first kappa shape index (κ1) is 21.9. The number of thiophene rings is 1. The van der Waals surface area contributed by atoms with E-state index in [0.29, 0.717) is 22.5 Å². The number of ketones is 1. The summed E-state index contributed by atoms with van der Waals surface area (Å²) < 4.78 is 0. The molecule has 1 saturated heterocycles. The first-order valence-electron chi connectivity index (χ1n) is 10.7. The lowest BCUT2D eigenvalue weighted by atomic mass is 10.00. The van der Waals surface area contributed by atoms with Crippen molar-refractivity contribution < 1.29 is 14.4 Å². The predicted octanol–water partition coefficient (Wildman–Crippen LogP) is 3.81. The molecular weight excluding hydrogens is 422 g/mol. The van der Waals surface area contributed by atoms with Crippen LogP contribution in [0, 0.1) is 0 Å². The van der Waals surface area contributed by atoms with E-state index in [2.05, 4.69) is 15.5 Å². The normalized spacial score (nSPS) is 14.6. The van der Waals surface area contributed by atoms with E-state index in [4.69, 9.17) is 0 Å². The molecule has 2 N–H and O–H groups in total. The third kappa shape index (κ3) is 5.49. The van der Waals surface area contributed by atoms with Crippen LogP contribution < -0.4 is 10.6 Å². The monoisotopic (exact) mass is 447 g/mol. The second kappa shape index (κ2) is 10.3. The van der Waals surface area contributed by atoms with Gasteiger partial charge in [-0.25, -0.2) is 0 Å². The number of nitrogens with zero attached hydrogens (tertiary/aromatic N) is 1. The number of hydrogen-bond donors (Lipinski definition) is 2. The van der Waals surface area contributed by atoms with Crippen LogP contribution in [0.25, 0.3) is 0 Å². The summed E-state index contributed by atoms with van der Waals surface area (Å²) in [6, 6.07) is 20.0. The highest BCUT2D eigenvalue weighted by Crippen LogP contribution is 2.19. The fourth-order valence-electron chi connectivity index (χ4n) is 3.84. The van der Waals surface area contributed by atoms with Gasteiger partial charge in [-0.1, -0.05) is 42.5 Å². The number of benzene rings is 2. The van der Waals surface area contributed by atoms with Gasteiger partial charge in [0.15, 0.2) is 0 Å². The standard InChI is InChI=1S/C25H25N3O3S/c29-23(26-18-7-2-1-3-8-18)17-28-14-12-19(13-15-28)27-25(31)21-10-5-4-9-20(21)24(30)22-11-6-16-32-22/h1-11,16,19H,12-15,17H2,(H,26,29)(H,27,31). The van der Waals surface area contributed by atoms with Crippen molar-refractivity contribution in [3.63, 3.8) is 0 Å². The Hall–Kier alpha value is -3.29. The fraction of sp³-hybridized carbons (Fsp3) is 0.240. The third-order valence-corrected chi connectivity index (χ3v) is 6.38. The van der Waals surface area contributed by atoms with Gasteiger partial charge in [-0.05, 0) is 42.5 Å². The van der Waals surface area contributed by atoms with E-state index < -0.39 is 0 Å². The van der Waals surface area contributed by atoms with Crippen molar-refractivity contribution in [2.24, 2.45) is 0 Å². The SMILES string of the molecule is O=C(CN1CCC(NC(=O)c2ccccc2C(=O)c2cccs2)CC1)Nc1ccccc1. The molecule has 0 saturated carbocycles. The highest BCUT2D eigenvalue weighted by Gasteiger charge is 2.24. The fourth-order valence-corrected chi connectivity index (χ4v) is 4.52. The van der Waals surface area contributed by atoms with E-state index >= 15 is 0 Å². The molecule has 32 heavy (non-hydrogen) atoms. The van der Waals surface area contributed by atoms with Gasteiger partial charge in [0.2, 0.25) is 11.7 Å². The summed E-state index contributed by atoms with van der Waals surface area (Å²) >= 11 is 1.37. The van der Waals surface area contributed by atoms with Gasteiger partial charge in [-0.3, -0.25) is 19.3 Å². The van der Waals surface area contributed by atoms with Crippen LogP contribution in [0.4, 0.5) is 5.69 Å². The Kier molecular flexibility index (Phi) is 7.09. The Morgan fingerprint density at radius 2 is 1.56 bits per heavy atom. The molecule has 0 unspecified atom stereocenters. The van der Waals surface area contributed by atoms with Crippen molar-refractivity contribution >= 4 is 34.6 Å². The van der Waals surface area contributed by atoms with Gasteiger partial charge in [0, 0.05) is 30.4 Å². The first-order valence-corrected chi connectivity index (χ1v) is 11.5. The molecule has 7 heteroatoms. The zero-order valence-corrected chi connectivity index (χ0v) is 18.4. The van der Waals surface area contributed by atoms with Crippen LogP contribution >= 0.6 is 11.3 Å². The number of piperidine rings is 1. The molecule has 1 aliphatic rings. The van der Waals surface area contributed by atoms with Gasteiger partial charge < -0.3 is 10.6 Å². The second-order valence-electron chi connectivity index (χ2n) is 7.79. The lowest BCUT2D eigenvalue weighted by Crippen LogP contribution is -2.46. The number of carbonyl (C=O) groups excluding carboxylic acids is 3. The molecule has 0 atom stereocenters. The smallest absolute Gasteiger partial charge is 0.252 e. The van der Waals surface area contributed by atoms with Gasteiger partial charge in [0.05, 0.1) is 17.0 Å². The highest BCUT2D eigenvalue weighted by atomic mass is 32.1. The molecule has 0 spiro atoms. The summed E-state index contributed by atoms with van der Waals surface area (Å²) in [6.45, 7) is 1.78. The quantitative estimate of drug-likeness (QED) is 0.540. The van der Waals surface area contributed by atoms with Gasteiger partial charge in [0.25, 0.3) is 5.91 Å². The number of nitrogens with one attached hydrogen (secondary N) is 2. The molecule has 164 valence electrons. The minimum atomic E-state index is -0.231. The molecule has 1 aromatic heterocycles. The first-order chi connectivity index (χ1) is 15.6. The Morgan fingerprint density at radius 1 is 0.875 bits per heavy atom. The van der Waals surface area contributed by atoms with Crippen LogP contribution in [0.5, 0.6) is 0 Å². The van der Waals surface area contributed by atoms with E-state index in [1.165, 1.54) is 11.3 Å². The van der Waals surface area contributed by atoms with Crippen LogP contribution in [0.3, 0.4) is 0 Å². The molecule has 2 aromatic carbocycles. The number of carbonyl (C=O) groups is 3. The summed E-state index contributed by atoms with van der Waals surface area (Å²) in [5.74, 6) is -0.407. The topological polar surface area (TPSA) is 78.5 Å². The van der Waals surface area contributed by atoms with E-state index in [1.54, 1.807) is 30.3 Å². The summed E-state index contributed by atoms with van der Waals surface area (Å²) in [4.78, 5) is 40.7. The number of rotatable bonds is 7. The van der Waals surface area contributed by atoms with Crippen molar-refractivity contribution in [2.45, 2.75) is 18.9 Å². The van der Waals surface area contributed by atoms with Crippen LogP contribution in [-0.4, -0.2) is 48.2 Å². The van der Waals surface area contributed by atoms with Crippen molar-refractivity contribution in [1.82, 2.24) is 10.2 Å². The number of likely N-dealkylation sites (tertiary alicyclic amines) is 1. The Bertz CT molecular complexity index is 1070. The number of amides is 2. The maximum absolute atomic E-state index is 12.9. The summed E-state index contributed by atoms with van der Waals surface area (Å²) in [5.41, 5.74) is 1.61. The third-order valence-electron chi connectivity index (χ3n) is 5.51. The molecule has 0 aliphatic carbocycles. The van der Waals surface area contributed by atoms with E-state index in [9.17, 15) is 14.4 Å². The zero-order valence-electron chi connectivity index (χ0n) is 17.6. The maximum Gasteiger partial charge on any atom is 0.252 e. The molecule has 2 heterocycles. The molecule has 2 amide bonds. The number of para-hydroxylation sites is 1. The van der Waals surface area contributed by atoms with Gasteiger partial charge in [-0.15, -0.1) is 11.3 Å². The largest absolute Gasteiger partial charge is 0.349 e. The van der Waals surface area contributed by atoms with E-state index in [0.717, 1.165) is 31.6 Å². The molecular formula is C25H25N3O3S. The van der Waals surface area contributed by atoms with Crippen LogP contribution in [0.1, 0.15) is 38.4 Å². The molecule has 3 aromatic rings. The molecule has 0 bridgehead atoms. The van der Waals surface area contributed by atoms with Gasteiger partial charge >= 0.3 is 0 Å². The van der Waals surface area contributed by atoms with Crippen molar-refractivity contribution in [1.29, 1.82) is 0 Å². The van der Waals surface area contributed by atoms with E-state index in [-0.39, 0.29) is 23.6 Å². The molecule has 0 radical (unpaired) electrons. The lowest BCUT2D eigenvalue weighted by molar-refractivity contribution is -0.117. The minimum absolute atomic E-state index is 0.0147. The van der Waals surface area contributed by atoms with Crippen molar-refractivity contribution in [3.05, 3.63) is 88.1 Å². The number of hydrogen-bond acceptors (Lipinski definition) is 5. The zero-order chi connectivity index (χ0) is 22.3. The predicted molar refractivity (Wildman–Crippen MR) is 126 cm³/mol. The van der Waals surface area contributed by atoms with E-state index in [1.807, 2.05) is 41.8 Å². The van der Waals surface area contributed by atoms with Gasteiger partial charge in [-0.2, -0.15) is 0 Å². The number of anilines is 1. The second-order valence-corrected chi connectivity index (χ2v) is 8.74. The Labute approximate surface area is 191 Å². The Balaban J connectivity index is 1.30. The van der Waals surface area contributed by atoms with Crippen LogP contribution in [-0.2, 0) is 4.79 Å². The average Bonchev–Trinajstić information content (AvgIpc) is 3.35. The lowest BCUT2D eigenvalue weighted by Gasteiger charge is -2.32. The summed E-state index contributed by atoms with van der Waals surface area (Å²) in [7, 11) is 0.